The molecule has 0 unspecified atom stereocenters. The maximum Gasteiger partial charge on any atom is 0.229 e. The minimum Gasteiger partial charge on any atom is -0.547 e. The largest absolute Gasteiger partial charge is 0.547 e. The Balaban J connectivity index is 1.76. The highest BCUT2D eigenvalue weighted by molar-refractivity contribution is 6.49. The second-order valence-electron chi connectivity index (χ2n) is 11.2. The van der Waals surface area contributed by atoms with Crippen LogP contribution in [0.25, 0.3) is 0 Å². The number of likely N-dealkylation sites (tertiary alicyclic amines) is 1. The molecule has 1 aromatic rings. The topological polar surface area (TPSA) is 29.5 Å². The van der Waals surface area contributed by atoms with Gasteiger partial charge in [0, 0.05) is 31.3 Å². The van der Waals surface area contributed by atoms with Crippen molar-refractivity contribution in [1.82, 2.24) is 4.90 Å². The number of hydrogen-bond donors (Lipinski definition) is 0. The van der Waals surface area contributed by atoms with Crippen LogP contribution >= 0.6 is 0 Å². The summed E-state index contributed by atoms with van der Waals surface area (Å²) in [6, 6.07) is 6.75. The van der Waals surface area contributed by atoms with Gasteiger partial charge < -0.3 is 9.33 Å². The number of nitrogens with zero attached hydrogens (tertiary/aromatic N) is 1. The number of hydrogen-bond acceptors (Lipinski definition) is 3. The quantitative estimate of drug-likeness (QED) is 0.631. The van der Waals surface area contributed by atoms with Gasteiger partial charge in [0.05, 0.1) is 0 Å². The highest BCUT2D eigenvalue weighted by Gasteiger charge is 2.50. The van der Waals surface area contributed by atoms with E-state index in [4.69, 9.17) is 4.43 Å². The monoisotopic (exact) mass is 413 g/mol. The molecular weight excluding hydrogens is 374 g/mol. The molecule has 1 saturated heterocycles. The van der Waals surface area contributed by atoms with Crippen molar-refractivity contribution in [3.05, 3.63) is 29.3 Å². The van der Waals surface area contributed by atoms with Gasteiger partial charge in [-0.2, -0.15) is 0 Å². The SMILES string of the molecule is C[SiH](C)Oc1c(C(C)(C)C)cccc1[C@@]12CCN(CC3CC3)C[C@H]1CCC(=O)C2. The van der Waals surface area contributed by atoms with Gasteiger partial charge in [0.1, 0.15) is 11.5 Å². The van der Waals surface area contributed by atoms with Crippen molar-refractivity contribution in [2.75, 3.05) is 19.6 Å². The van der Waals surface area contributed by atoms with Crippen molar-refractivity contribution in [2.45, 2.75) is 83.2 Å². The molecule has 160 valence electrons. The summed E-state index contributed by atoms with van der Waals surface area (Å²) in [6.45, 7) is 14.9. The molecule has 2 atom stereocenters. The van der Waals surface area contributed by atoms with Crippen LogP contribution in [0, 0.1) is 11.8 Å². The summed E-state index contributed by atoms with van der Waals surface area (Å²) < 4.78 is 6.65. The number of piperidine rings is 1. The molecule has 4 rings (SSSR count). The van der Waals surface area contributed by atoms with Crippen LogP contribution in [0.2, 0.25) is 13.1 Å². The molecule has 2 saturated carbocycles. The van der Waals surface area contributed by atoms with Crippen LogP contribution in [0.5, 0.6) is 5.75 Å². The van der Waals surface area contributed by atoms with Gasteiger partial charge in [-0.1, -0.05) is 39.0 Å². The Hall–Kier alpha value is -1.13. The van der Waals surface area contributed by atoms with E-state index in [1.165, 1.54) is 30.5 Å². The lowest BCUT2D eigenvalue weighted by molar-refractivity contribution is -0.125. The summed E-state index contributed by atoms with van der Waals surface area (Å²) in [5.74, 6) is 3.07. The van der Waals surface area contributed by atoms with Crippen LogP contribution in [0.4, 0.5) is 0 Å². The van der Waals surface area contributed by atoms with Crippen LogP contribution in [0.3, 0.4) is 0 Å². The van der Waals surface area contributed by atoms with E-state index in [0.717, 1.165) is 44.0 Å². The van der Waals surface area contributed by atoms with Crippen LogP contribution in [-0.4, -0.2) is 39.4 Å². The van der Waals surface area contributed by atoms with E-state index in [-0.39, 0.29) is 10.8 Å². The number of Topliss-reactive ketones (excluding diaryl/α,β-unsaturated/α-hetero) is 1. The Morgan fingerprint density at radius 1 is 1.21 bits per heavy atom. The lowest BCUT2D eigenvalue weighted by Crippen LogP contribution is -2.53. The summed E-state index contributed by atoms with van der Waals surface area (Å²) in [6.07, 6.45) is 6.43. The number of rotatable bonds is 5. The minimum atomic E-state index is -1.27. The van der Waals surface area contributed by atoms with E-state index in [0.29, 0.717) is 18.1 Å². The lowest BCUT2D eigenvalue weighted by Gasteiger charge is -2.51. The zero-order valence-corrected chi connectivity index (χ0v) is 20.2. The summed E-state index contributed by atoms with van der Waals surface area (Å²) in [7, 11) is -1.27. The van der Waals surface area contributed by atoms with E-state index in [1.54, 1.807) is 0 Å². The van der Waals surface area contributed by atoms with Crippen molar-refractivity contribution >= 4 is 14.8 Å². The van der Waals surface area contributed by atoms with Crippen LogP contribution in [-0.2, 0) is 15.6 Å². The van der Waals surface area contributed by atoms with Gasteiger partial charge in [-0.05, 0) is 73.7 Å². The molecule has 3 nitrogen and oxygen atoms in total. The number of benzene rings is 1. The normalized spacial score (nSPS) is 28.5. The van der Waals surface area contributed by atoms with Crippen LogP contribution in [0.1, 0.15) is 70.4 Å². The number of para-hydroxylation sites is 1. The third-order valence-electron chi connectivity index (χ3n) is 7.34. The van der Waals surface area contributed by atoms with Crippen molar-refractivity contribution in [2.24, 2.45) is 11.8 Å². The molecule has 0 amide bonds. The van der Waals surface area contributed by atoms with Crippen molar-refractivity contribution in [3.63, 3.8) is 0 Å². The Bertz CT molecular complexity index is 765. The Labute approximate surface area is 178 Å². The van der Waals surface area contributed by atoms with Gasteiger partial charge in [-0.25, -0.2) is 0 Å². The molecule has 0 radical (unpaired) electrons. The molecule has 0 bridgehead atoms. The first-order chi connectivity index (χ1) is 13.7. The summed E-state index contributed by atoms with van der Waals surface area (Å²) in [5, 5.41) is 0. The lowest BCUT2D eigenvalue weighted by atomic mass is 9.58. The van der Waals surface area contributed by atoms with Crippen LogP contribution < -0.4 is 4.43 Å². The Kier molecular flexibility index (Phi) is 5.71. The highest BCUT2D eigenvalue weighted by Crippen LogP contribution is 2.52. The maximum absolute atomic E-state index is 12.7. The van der Waals surface area contributed by atoms with E-state index in [1.807, 2.05) is 0 Å². The summed E-state index contributed by atoms with van der Waals surface area (Å²) in [4.78, 5) is 15.4. The molecule has 0 aromatic heterocycles. The predicted molar refractivity (Wildman–Crippen MR) is 122 cm³/mol. The van der Waals surface area contributed by atoms with E-state index < -0.39 is 9.04 Å². The molecular formula is C25H39NO2Si. The van der Waals surface area contributed by atoms with Gasteiger partial charge in [0.25, 0.3) is 0 Å². The average molecular weight is 414 g/mol. The number of ketones is 1. The van der Waals surface area contributed by atoms with Crippen LogP contribution in [0.15, 0.2) is 18.2 Å². The first kappa shape index (κ1) is 21.1. The van der Waals surface area contributed by atoms with Gasteiger partial charge in [0.15, 0.2) is 0 Å². The fourth-order valence-electron chi connectivity index (χ4n) is 5.68. The molecule has 4 heteroatoms. The van der Waals surface area contributed by atoms with Gasteiger partial charge in [-0.15, -0.1) is 0 Å². The first-order valence-electron chi connectivity index (χ1n) is 11.7. The van der Waals surface area contributed by atoms with E-state index in [9.17, 15) is 4.79 Å². The second kappa shape index (κ2) is 7.85. The molecule has 0 spiro atoms. The number of carbonyl (C=O) groups is 1. The molecule has 3 fully saturated rings. The molecule has 3 aliphatic rings. The van der Waals surface area contributed by atoms with E-state index in [2.05, 4.69) is 57.0 Å². The highest BCUT2D eigenvalue weighted by atomic mass is 28.3. The van der Waals surface area contributed by atoms with Gasteiger partial charge in [-0.3, -0.25) is 4.79 Å². The second-order valence-corrected chi connectivity index (χ2v) is 13.5. The standard InChI is InChI=1S/C25H39NO2Si/c1-24(2,3)21-7-6-8-22(23(21)28-29(4)5)25-13-14-26(16-18-9-10-18)17-19(25)11-12-20(27)15-25/h6-8,18-19,29H,9-17H2,1-5H3/t19-,25-/m1/s1. The Morgan fingerprint density at radius 2 is 1.97 bits per heavy atom. The fourth-order valence-corrected chi connectivity index (χ4v) is 6.40. The zero-order chi connectivity index (χ0) is 20.8. The van der Waals surface area contributed by atoms with Crippen molar-refractivity contribution in [1.29, 1.82) is 0 Å². The predicted octanol–water partition coefficient (Wildman–Crippen LogP) is 5.07. The fraction of sp³-hybridized carbons (Fsp3) is 0.720. The molecule has 1 heterocycles. The molecule has 2 aliphatic carbocycles. The first-order valence-corrected chi connectivity index (χ1v) is 14.5. The molecule has 1 aromatic carbocycles. The van der Waals surface area contributed by atoms with E-state index >= 15 is 0 Å². The third-order valence-corrected chi connectivity index (χ3v) is 8.05. The molecule has 1 aliphatic heterocycles. The van der Waals surface area contributed by atoms with Gasteiger partial charge in [0.2, 0.25) is 9.04 Å². The molecule has 29 heavy (non-hydrogen) atoms. The molecule has 0 N–H and O–H groups in total. The summed E-state index contributed by atoms with van der Waals surface area (Å²) >= 11 is 0. The maximum atomic E-state index is 12.7. The smallest absolute Gasteiger partial charge is 0.229 e. The van der Waals surface area contributed by atoms with Gasteiger partial charge >= 0.3 is 0 Å². The number of carbonyl (C=O) groups excluding carboxylic acids is 1. The minimum absolute atomic E-state index is 0.0325. The van der Waals surface area contributed by atoms with Crippen molar-refractivity contribution in [3.8, 4) is 5.75 Å². The zero-order valence-electron chi connectivity index (χ0n) is 19.1. The number of fused-ring (bicyclic) bond motifs is 1. The third kappa shape index (κ3) is 4.34. The summed E-state index contributed by atoms with van der Waals surface area (Å²) in [5.41, 5.74) is 2.65. The van der Waals surface area contributed by atoms with Crippen molar-refractivity contribution < 1.29 is 9.22 Å². The average Bonchev–Trinajstić information content (AvgIpc) is 3.44. The Morgan fingerprint density at radius 3 is 2.62 bits per heavy atom.